The number of fused-ring (bicyclic) bond motifs is 1. The van der Waals surface area contributed by atoms with Gasteiger partial charge < -0.3 is 15.0 Å². The Morgan fingerprint density at radius 2 is 1.76 bits per heavy atom. The maximum Gasteiger partial charge on any atom is 0.407 e. The first-order valence-corrected chi connectivity index (χ1v) is 14.3. The summed E-state index contributed by atoms with van der Waals surface area (Å²) in [5, 5.41) is 16.1. The maximum atomic E-state index is 13.5. The lowest BCUT2D eigenvalue weighted by atomic mass is 10.0. The quantitative estimate of drug-likeness (QED) is 0.296. The van der Waals surface area contributed by atoms with Crippen molar-refractivity contribution in [2.45, 2.75) is 55.9 Å². The van der Waals surface area contributed by atoms with Crippen molar-refractivity contribution < 1.29 is 22.9 Å². The van der Waals surface area contributed by atoms with Crippen LogP contribution in [0, 0.1) is 10.1 Å². The first-order chi connectivity index (χ1) is 17.8. The molecule has 4 rings (SSSR count). The van der Waals surface area contributed by atoms with Crippen molar-refractivity contribution in [2.24, 2.45) is 0 Å². The van der Waals surface area contributed by atoms with E-state index in [-0.39, 0.29) is 22.2 Å². The molecule has 9 nitrogen and oxygen atoms in total. The highest BCUT2D eigenvalue weighted by molar-refractivity contribution is 7.90. The average molecular weight is 560 g/mol. The number of benzene rings is 3. The molecule has 0 aliphatic carbocycles. The van der Waals surface area contributed by atoms with Crippen molar-refractivity contribution in [3.05, 3.63) is 75.3 Å². The average Bonchev–Trinajstić information content (AvgIpc) is 2.83. The Kier molecular flexibility index (Phi) is 7.85. The van der Waals surface area contributed by atoms with E-state index < -0.39 is 32.2 Å². The zero-order valence-electron chi connectivity index (χ0n) is 21.4. The number of anilines is 1. The van der Waals surface area contributed by atoms with E-state index in [1.54, 1.807) is 63.2 Å². The lowest BCUT2D eigenvalue weighted by molar-refractivity contribution is -0.385. The van der Waals surface area contributed by atoms with Crippen LogP contribution in [0.15, 0.2) is 59.5 Å². The fourth-order valence-electron chi connectivity index (χ4n) is 4.62. The van der Waals surface area contributed by atoms with Gasteiger partial charge in [-0.15, -0.1) is 0 Å². The highest BCUT2D eigenvalue weighted by Crippen LogP contribution is 2.33. The molecular formula is C27H30ClN3O6S. The minimum atomic E-state index is -3.94. The van der Waals surface area contributed by atoms with Crippen LogP contribution in [0.25, 0.3) is 10.8 Å². The summed E-state index contributed by atoms with van der Waals surface area (Å²) >= 11 is 6.26. The Morgan fingerprint density at radius 3 is 2.42 bits per heavy atom. The second kappa shape index (κ2) is 10.8. The summed E-state index contributed by atoms with van der Waals surface area (Å²) in [5.41, 5.74) is -0.0337. The first-order valence-electron chi connectivity index (χ1n) is 12.3. The zero-order chi connectivity index (χ0) is 27.7. The van der Waals surface area contributed by atoms with Crippen molar-refractivity contribution in [3.63, 3.8) is 0 Å². The number of rotatable bonds is 6. The van der Waals surface area contributed by atoms with Gasteiger partial charge in [-0.2, -0.15) is 0 Å². The standard InChI is InChI=1S/C27H30ClN3O6S/c1-27(2,3)37-26(32)29-19-12-14-30(15-13-19)20-10-11-24(31(33)34)18(16-20)17-38(35,36)25-9-5-6-21-22(25)7-4-8-23(21)28/h4-11,16,19H,12-15,17H2,1-3H3,(H,29,32). The number of alkyl carbamates (subject to hydrolysis) is 1. The summed E-state index contributed by atoms with van der Waals surface area (Å²) in [6.07, 6.45) is 0.842. The lowest BCUT2D eigenvalue weighted by Crippen LogP contribution is -2.46. The smallest absolute Gasteiger partial charge is 0.407 e. The highest BCUT2D eigenvalue weighted by atomic mass is 35.5. The number of carbonyl (C=O) groups is 1. The van der Waals surface area contributed by atoms with E-state index in [0.29, 0.717) is 47.4 Å². The highest BCUT2D eigenvalue weighted by Gasteiger charge is 2.27. The van der Waals surface area contributed by atoms with Gasteiger partial charge in [0.2, 0.25) is 0 Å². The van der Waals surface area contributed by atoms with Gasteiger partial charge in [-0.05, 0) is 57.9 Å². The number of hydrogen-bond acceptors (Lipinski definition) is 7. The molecule has 0 bridgehead atoms. The molecule has 0 saturated carbocycles. The molecule has 1 saturated heterocycles. The van der Waals surface area contributed by atoms with Gasteiger partial charge in [-0.25, -0.2) is 13.2 Å². The number of nitrogens with zero attached hydrogens (tertiary/aromatic N) is 2. The minimum absolute atomic E-state index is 0.0582. The van der Waals surface area contributed by atoms with Gasteiger partial charge in [0.1, 0.15) is 5.60 Å². The third-order valence-corrected chi connectivity index (χ3v) is 8.40. The van der Waals surface area contributed by atoms with Crippen LogP contribution in [0.5, 0.6) is 0 Å². The van der Waals surface area contributed by atoms with E-state index in [1.807, 2.05) is 4.90 Å². The van der Waals surface area contributed by atoms with Crippen LogP contribution in [-0.4, -0.2) is 44.2 Å². The van der Waals surface area contributed by atoms with Crippen LogP contribution in [0.1, 0.15) is 39.2 Å². The van der Waals surface area contributed by atoms with Crippen molar-refractivity contribution in [1.82, 2.24) is 5.32 Å². The van der Waals surface area contributed by atoms with Crippen molar-refractivity contribution in [3.8, 4) is 0 Å². The van der Waals surface area contributed by atoms with Gasteiger partial charge in [0.05, 0.1) is 15.6 Å². The Balaban J connectivity index is 1.55. The number of nitro benzene ring substituents is 1. The SMILES string of the molecule is CC(C)(C)OC(=O)NC1CCN(c2ccc([N+](=O)[O-])c(CS(=O)(=O)c3cccc4c(Cl)cccc34)c2)CC1. The number of halogens is 1. The van der Waals surface area contributed by atoms with Crippen LogP contribution in [0.4, 0.5) is 16.2 Å². The lowest BCUT2D eigenvalue weighted by Gasteiger charge is -2.34. The number of hydrogen-bond donors (Lipinski definition) is 1. The number of sulfone groups is 1. The second-order valence-corrected chi connectivity index (χ2v) is 12.7. The molecule has 1 heterocycles. The Hall–Kier alpha value is -3.37. The zero-order valence-corrected chi connectivity index (χ0v) is 23.0. The summed E-state index contributed by atoms with van der Waals surface area (Å²) in [6.45, 7) is 6.59. The molecule has 0 unspecified atom stereocenters. The van der Waals surface area contributed by atoms with E-state index in [1.165, 1.54) is 12.1 Å². The molecular weight excluding hydrogens is 530 g/mol. The second-order valence-electron chi connectivity index (χ2n) is 10.3. The summed E-state index contributed by atoms with van der Waals surface area (Å²) in [6, 6.07) is 14.4. The van der Waals surface area contributed by atoms with Crippen molar-refractivity contribution >= 4 is 49.7 Å². The van der Waals surface area contributed by atoms with E-state index in [9.17, 15) is 23.3 Å². The number of carbonyl (C=O) groups excluding carboxylic acids is 1. The fourth-order valence-corrected chi connectivity index (χ4v) is 6.45. The van der Waals surface area contributed by atoms with Crippen LogP contribution < -0.4 is 10.2 Å². The van der Waals surface area contributed by atoms with Gasteiger partial charge in [-0.1, -0.05) is 35.9 Å². The summed E-state index contributed by atoms with van der Waals surface area (Å²) in [5.74, 6) is -0.528. The van der Waals surface area contributed by atoms with Crippen molar-refractivity contribution in [1.29, 1.82) is 0 Å². The molecule has 3 aromatic carbocycles. The maximum absolute atomic E-state index is 13.5. The van der Waals surface area contributed by atoms with Crippen LogP contribution in [0.3, 0.4) is 0 Å². The Bertz CT molecular complexity index is 1480. The predicted octanol–water partition coefficient (Wildman–Crippen LogP) is 5.87. The molecule has 0 aromatic heterocycles. The number of piperidine rings is 1. The molecule has 202 valence electrons. The largest absolute Gasteiger partial charge is 0.444 e. The molecule has 38 heavy (non-hydrogen) atoms. The number of nitro groups is 1. The van der Waals surface area contributed by atoms with Gasteiger partial charge in [-0.3, -0.25) is 10.1 Å². The monoisotopic (exact) mass is 559 g/mol. The van der Waals surface area contributed by atoms with E-state index in [2.05, 4.69) is 5.32 Å². The van der Waals surface area contributed by atoms with Gasteiger partial charge in [0.25, 0.3) is 5.69 Å². The molecule has 0 spiro atoms. The van der Waals surface area contributed by atoms with Gasteiger partial charge in [0, 0.05) is 52.2 Å². The topological polar surface area (TPSA) is 119 Å². The summed E-state index contributed by atoms with van der Waals surface area (Å²) in [4.78, 5) is 25.4. The molecule has 11 heteroatoms. The van der Waals surface area contributed by atoms with Gasteiger partial charge in [0.15, 0.2) is 9.84 Å². The third-order valence-electron chi connectivity index (χ3n) is 6.35. The number of ether oxygens (including phenoxy) is 1. The molecule has 0 radical (unpaired) electrons. The number of nitrogens with one attached hydrogen (secondary N) is 1. The third kappa shape index (κ3) is 6.36. The van der Waals surface area contributed by atoms with Crippen LogP contribution in [-0.2, 0) is 20.3 Å². The van der Waals surface area contributed by atoms with Crippen LogP contribution in [0.2, 0.25) is 5.02 Å². The normalized spacial score (nSPS) is 14.9. The van der Waals surface area contributed by atoms with Gasteiger partial charge >= 0.3 is 6.09 Å². The molecule has 1 aliphatic heterocycles. The molecule has 1 amide bonds. The molecule has 1 fully saturated rings. The summed E-state index contributed by atoms with van der Waals surface area (Å²) < 4.78 is 32.3. The minimum Gasteiger partial charge on any atom is -0.444 e. The van der Waals surface area contributed by atoms with E-state index in [4.69, 9.17) is 16.3 Å². The fraction of sp³-hybridized carbons (Fsp3) is 0.370. The molecule has 0 atom stereocenters. The molecule has 1 aliphatic rings. The summed E-state index contributed by atoms with van der Waals surface area (Å²) in [7, 11) is -3.94. The Morgan fingerprint density at radius 1 is 1.11 bits per heavy atom. The Labute approximate surface area is 226 Å². The van der Waals surface area contributed by atoms with Crippen LogP contribution >= 0.6 is 11.6 Å². The van der Waals surface area contributed by atoms with E-state index >= 15 is 0 Å². The molecule has 3 aromatic rings. The number of amides is 1. The first kappa shape index (κ1) is 27.7. The van der Waals surface area contributed by atoms with Crippen molar-refractivity contribution in [2.75, 3.05) is 18.0 Å². The predicted molar refractivity (Wildman–Crippen MR) is 148 cm³/mol. The van der Waals surface area contributed by atoms with E-state index in [0.717, 1.165) is 0 Å². The molecule has 1 N–H and O–H groups in total.